The summed E-state index contributed by atoms with van der Waals surface area (Å²) >= 11 is 0. The highest BCUT2D eigenvalue weighted by Gasteiger charge is 2.41. The molecular formula is C14H31N2OP. The Balaban J connectivity index is 2.92. The highest BCUT2D eigenvalue weighted by Crippen LogP contribution is 2.54. The predicted molar refractivity (Wildman–Crippen MR) is 80.7 cm³/mol. The van der Waals surface area contributed by atoms with Gasteiger partial charge in [-0.15, -0.1) is 0 Å². The van der Waals surface area contributed by atoms with Crippen LogP contribution in [0.4, 0.5) is 0 Å². The van der Waals surface area contributed by atoms with Crippen LogP contribution in [0.3, 0.4) is 0 Å². The molecule has 0 saturated carbocycles. The Morgan fingerprint density at radius 3 is 1.83 bits per heavy atom. The smallest absolute Gasteiger partial charge is 0.188 e. The van der Waals surface area contributed by atoms with Crippen LogP contribution in [0.1, 0.15) is 61.3 Å². The first-order chi connectivity index (χ1) is 8.40. The van der Waals surface area contributed by atoms with E-state index in [1.807, 2.05) is 0 Å². The highest BCUT2D eigenvalue weighted by molar-refractivity contribution is 7.47. The third-order valence-electron chi connectivity index (χ3n) is 3.45. The molecule has 1 saturated heterocycles. The van der Waals surface area contributed by atoms with Crippen LogP contribution < -0.4 is 0 Å². The van der Waals surface area contributed by atoms with Gasteiger partial charge < -0.3 is 4.52 Å². The molecule has 0 aliphatic carbocycles. The Labute approximate surface area is 115 Å². The van der Waals surface area contributed by atoms with Crippen LogP contribution in [-0.4, -0.2) is 40.1 Å². The summed E-state index contributed by atoms with van der Waals surface area (Å²) in [5.74, 6) is 0. The normalized spacial score (nSPS) is 31.5. The van der Waals surface area contributed by atoms with Crippen LogP contribution in [0.5, 0.6) is 0 Å². The Bertz CT molecular complexity index is 228. The summed E-state index contributed by atoms with van der Waals surface area (Å²) < 4.78 is 11.4. The molecule has 0 radical (unpaired) electrons. The molecular weight excluding hydrogens is 243 g/mol. The van der Waals surface area contributed by atoms with E-state index >= 15 is 0 Å². The van der Waals surface area contributed by atoms with Gasteiger partial charge in [0.2, 0.25) is 0 Å². The Hall–Kier alpha value is 0.310. The second-order valence-corrected chi connectivity index (χ2v) is 7.65. The molecule has 2 unspecified atom stereocenters. The molecule has 0 aromatic carbocycles. The average Bonchev–Trinajstić information content (AvgIpc) is 2.23. The maximum atomic E-state index is 6.24. The lowest BCUT2D eigenvalue weighted by Gasteiger charge is -2.52. The van der Waals surface area contributed by atoms with Gasteiger partial charge in [-0.3, -0.25) is 0 Å². The molecule has 1 heterocycles. The van der Waals surface area contributed by atoms with Crippen molar-refractivity contribution < 1.29 is 4.52 Å². The summed E-state index contributed by atoms with van der Waals surface area (Å²) in [6.45, 7) is 16.9. The molecule has 0 amide bonds. The van der Waals surface area contributed by atoms with Crippen LogP contribution in [0.15, 0.2) is 0 Å². The Morgan fingerprint density at radius 2 is 1.50 bits per heavy atom. The van der Waals surface area contributed by atoms with Gasteiger partial charge in [-0.2, -0.15) is 0 Å². The van der Waals surface area contributed by atoms with Crippen molar-refractivity contribution in [3.8, 4) is 0 Å². The standard InChI is InChI=1S/C14H31N2OP/c1-8-9-17-18-15(11(2)3)13(6)10-14(7)16(18)12(4)5/h11-14H,8-10H2,1-7H3. The molecule has 108 valence electrons. The highest BCUT2D eigenvalue weighted by atomic mass is 31.2. The van der Waals surface area contributed by atoms with Crippen molar-refractivity contribution >= 4 is 8.45 Å². The molecule has 1 rings (SSSR count). The molecule has 1 fully saturated rings. The van der Waals surface area contributed by atoms with Gasteiger partial charge in [0.15, 0.2) is 8.45 Å². The lowest BCUT2D eigenvalue weighted by atomic mass is 10.1. The fourth-order valence-electron chi connectivity index (χ4n) is 2.89. The molecule has 4 heteroatoms. The van der Waals surface area contributed by atoms with Gasteiger partial charge in [0.05, 0.1) is 6.61 Å². The van der Waals surface area contributed by atoms with Gasteiger partial charge in [0, 0.05) is 24.2 Å². The fraction of sp³-hybridized carbons (Fsp3) is 1.00. The molecule has 0 aromatic rings. The van der Waals surface area contributed by atoms with Crippen molar-refractivity contribution in [1.29, 1.82) is 0 Å². The van der Waals surface area contributed by atoms with E-state index in [1.165, 1.54) is 6.42 Å². The van der Waals surface area contributed by atoms with E-state index in [2.05, 4.69) is 57.8 Å². The molecule has 0 spiro atoms. The SMILES string of the molecule is CCCOP1N(C(C)C)C(C)CC(C)N1C(C)C. The van der Waals surface area contributed by atoms with E-state index < -0.39 is 8.45 Å². The molecule has 1 aliphatic heterocycles. The first kappa shape index (κ1) is 16.4. The summed E-state index contributed by atoms with van der Waals surface area (Å²) in [6, 6.07) is 2.35. The molecule has 1 aliphatic rings. The average molecular weight is 274 g/mol. The monoisotopic (exact) mass is 274 g/mol. The lowest BCUT2D eigenvalue weighted by molar-refractivity contribution is 0.120. The van der Waals surface area contributed by atoms with Crippen LogP contribution in [0.2, 0.25) is 0 Å². The van der Waals surface area contributed by atoms with E-state index in [1.54, 1.807) is 0 Å². The lowest BCUT2D eigenvalue weighted by Crippen LogP contribution is -2.51. The van der Waals surface area contributed by atoms with Gasteiger partial charge in [-0.25, -0.2) is 9.34 Å². The molecule has 0 bridgehead atoms. The van der Waals surface area contributed by atoms with E-state index in [9.17, 15) is 0 Å². The van der Waals surface area contributed by atoms with Crippen LogP contribution >= 0.6 is 8.45 Å². The summed E-state index contributed by atoms with van der Waals surface area (Å²) in [5.41, 5.74) is 0. The summed E-state index contributed by atoms with van der Waals surface area (Å²) in [7, 11) is -0.595. The van der Waals surface area contributed by atoms with Crippen molar-refractivity contribution in [3.63, 3.8) is 0 Å². The Morgan fingerprint density at radius 1 is 1.06 bits per heavy atom. The third-order valence-corrected chi connectivity index (χ3v) is 6.37. The second-order valence-electron chi connectivity index (χ2n) is 5.97. The number of nitrogens with zero attached hydrogens (tertiary/aromatic N) is 2. The molecule has 3 nitrogen and oxygen atoms in total. The van der Waals surface area contributed by atoms with E-state index in [0.717, 1.165) is 13.0 Å². The first-order valence-corrected chi connectivity index (χ1v) is 8.56. The molecule has 0 aromatic heterocycles. The molecule has 2 atom stereocenters. The van der Waals surface area contributed by atoms with Crippen molar-refractivity contribution in [2.75, 3.05) is 6.61 Å². The topological polar surface area (TPSA) is 15.7 Å². The maximum Gasteiger partial charge on any atom is 0.188 e. The van der Waals surface area contributed by atoms with Gasteiger partial charge in [-0.1, -0.05) is 6.92 Å². The third kappa shape index (κ3) is 3.66. The zero-order valence-corrected chi connectivity index (χ0v) is 14.1. The molecule has 18 heavy (non-hydrogen) atoms. The van der Waals surface area contributed by atoms with Crippen molar-refractivity contribution in [1.82, 2.24) is 9.34 Å². The van der Waals surface area contributed by atoms with Crippen LogP contribution in [0, 0.1) is 0 Å². The van der Waals surface area contributed by atoms with E-state index in [0.29, 0.717) is 24.2 Å². The zero-order chi connectivity index (χ0) is 13.9. The number of hydrogen-bond donors (Lipinski definition) is 0. The minimum atomic E-state index is -0.595. The van der Waals surface area contributed by atoms with Crippen LogP contribution in [-0.2, 0) is 4.52 Å². The van der Waals surface area contributed by atoms with Gasteiger partial charge >= 0.3 is 0 Å². The van der Waals surface area contributed by atoms with Crippen molar-refractivity contribution in [2.24, 2.45) is 0 Å². The van der Waals surface area contributed by atoms with Crippen molar-refractivity contribution in [3.05, 3.63) is 0 Å². The first-order valence-electron chi connectivity index (χ1n) is 7.39. The minimum Gasteiger partial charge on any atom is -0.331 e. The summed E-state index contributed by atoms with van der Waals surface area (Å²) in [5, 5.41) is 0. The second kappa shape index (κ2) is 7.19. The van der Waals surface area contributed by atoms with Crippen LogP contribution in [0.25, 0.3) is 0 Å². The number of rotatable bonds is 5. The number of hydrogen-bond acceptors (Lipinski definition) is 3. The summed E-state index contributed by atoms with van der Waals surface area (Å²) in [4.78, 5) is 0. The largest absolute Gasteiger partial charge is 0.331 e. The zero-order valence-electron chi connectivity index (χ0n) is 13.2. The summed E-state index contributed by atoms with van der Waals surface area (Å²) in [6.07, 6.45) is 2.34. The molecule has 0 N–H and O–H groups in total. The predicted octanol–water partition coefficient (Wildman–Crippen LogP) is 4.24. The minimum absolute atomic E-state index is 0.553. The Kier molecular flexibility index (Phi) is 6.54. The fourth-order valence-corrected chi connectivity index (χ4v) is 5.39. The van der Waals surface area contributed by atoms with E-state index in [4.69, 9.17) is 4.52 Å². The van der Waals surface area contributed by atoms with Crippen molar-refractivity contribution in [2.45, 2.75) is 85.5 Å². The van der Waals surface area contributed by atoms with Gasteiger partial charge in [0.25, 0.3) is 0 Å². The van der Waals surface area contributed by atoms with E-state index in [-0.39, 0.29) is 0 Å². The van der Waals surface area contributed by atoms with Gasteiger partial charge in [0.1, 0.15) is 0 Å². The maximum absolute atomic E-state index is 6.24. The quantitative estimate of drug-likeness (QED) is 0.697. The van der Waals surface area contributed by atoms with Gasteiger partial charge in [-0.05, 0) is 54.4 Å².